The highest BCUT2D eigenvalue weighted by Gasteiger charge is 2.22. The van der Waals surface area contributed by atoms with Crippen LogP contribution in [0.5, 0.6) is 5.75 Å². The molecular weight excluding hydrogens is 310 g/mol. The smallest absolute Gasteiger partial charge is 0.273 e. The maximum Gasteiger partial charge on any atom is 0.273 e. The molecule has 0 radical (unpaired) electrons. The van der Waals surface area contributed by atoms with E-state index in [4.69, 9.17) is 4.74 Å². The number of benzene rings is 1. The van der Waals surface area contributed by atoms with E-state index in [1.807, 2.05) is 24.3 Å². The molecule has 2 heterocycles. The highest BCUT2D eigenvalue weighted by molar-refractivity contribution is 6.43. The van der Waals surface area contributed by atoms with Gasteiger partial charge < -0.3 is 10.1 Å². The number of nitrogens with zero attached hydrogens (tertiary/aromatic N) is 3. The summed E-state index contributed by atoms with van der Waals surface area (Å²) in [6.45, 7) is 0. The quantitative estimate of drug-likeness (QED) is 0.891. The average molecular weight is 327 g/mol. The summed E-state index contributed by atoms with van der Waals surface area (Å²) in [7, 11) is 3.13. The minimum Gasteiger partial charge on any atom is -0.496 e. The van der Waals surface area contributed by atoms with Crippen LogP contribution in [0.25, 0.3) is 11.3 Å². The maximum atomic E-state index is 12.2. The molecule has 0 aliphatic carbocycles. The van der Waals surface area contributed by atoms with Crippen LogP contribution in [-0.2, 0) is 9.59 Å². The number of carbonyl (C=O) groups is 2. The van der Waals surface area contributed by atoms with E-state index in [0.717, 1.165) is 11.3 Å². The number of H-pyrrole nitrogens is 1. The molecule has 0 saturated carbocycles. The second-order valence-corrected chi connectivity index (χ2v) is 5.29. The van der Waals surface area contributed by atoms with Crippen molar-refractivity contribution in [1.29, 1.82) is 0 Å². The van der Waals surface area contributed by atoms with E-state index in [0.29, 0.717) is 23.7 Å². The van der Waals surface area contributed by atoms with Crippen molar-refractivity contribution in [2.45, 2.75) is 12.8 Å². The summed E-state index contributed by atoms with van der Waals surface area (Å²) in [5.74, 6) is 0.608. The zero-order valence-electron chi connectivity index (χ0n) is 13.4. The van der Waals surface area contributed by atoms with Gasteiger partial charge in [-0.05, 0) is 12.1 Å². The number of hydrogen-bond acceptors (Lipinski definition) is 5. The van der Waals surface area contributed by atoms with Gasteiger partial charge in [0.05, 0.1) is 12.8 Å². The number of methoxy groups -OCH3 is 1. The molecule has 0 unspecified atom stereocenters. The number of rotatable bonds is 4. The number of anilines is 1. The van der Waals surface area contributed by atoms with Crippen LogP contribution >= 0.6 is 0 Å². The first-order valence-corrected chi connectivity index (χ1v) is 7.42. The van der Waals surface area contributed by atoms with Crippen LogP contribution in [0.1, 0.15) is 12.8 Å². The molecule has 8 nitrogen and oxygen atoms in total. The van der Waals surface area contributed by atoms with Crippen LogP contribution in [-0.4, -0.2) is 46.9 Å². The standard InChI is InChI=1S/C16H17N5O3/c1-21-15(22)8-7-11(20-21)16(23)17-14-9-12(18-19-14)10-5-3-4-6-13(10)24-2/h3-6,9H,7-8H2,1-2H3,(H2,17,18,19,23). The van der Waals surface area contributed by atoms with Crippen LogP contribution in [0.4, 0.5) is 5.82 Å². The van der Waals surface area contributed by atoms with E-state index in [-0.39, 0.29) is 18.2 Å². The fraction of sp³-hybridized carbons (Fsp3) is 0.250. The van der Waals surface area contributed by atoms with Gasteiger partial charge in [0.15, 0.2) is 5.82 Å². The van der Waals surface area contributed by atoms with E-state index in [1.165, 1.54) is 12.1 Å². The topological polar surface area (TPSA) is 99.7 Å². The summed E-state index contributed by atoms with van der Waals surface area (Å²) in [5.41, 5.74) is 1.87. The third-order valence-electron chi connectivity index (χ3n) is 3.69. The van der Waals surface area contributed by atoms with E-state index < -0.39 is 0 Å². The number of hydrogen-bond donors (Lipinski definition) is 2. The van der Waals surface area contributed by atoms with Crippen molar-refractivity contribution in [3.05, 3.63) is 30.3 Å². The Balaban J connectivity index is 1.76. The van der Waals surface area contributed by atoms with E-state index in [2.05, 4.69) is 20.6 Å². The summed E-state index contributed by atoms with van der Waals surface area (Å²) in [6.07, 6.45) is 0.592. The summed E-state index contributed by atoms with van der Waals surface area (Å²) < 4.78 is 5.32. The predicted octanol–water partition coefficient (Wildman–Crippen LogP) is 1.63. The van der Waals surface area contributed by atoms with Gasteiger partial charge in [-0.3, -0.25) is 14.7 Å². The SMILES string of the molecule is COc1ccccc1-c1cc(NC(=O)C2=NN(C)C(=O)CC2)n[nH]1. The number of aromatic nitrogens is 2. The number of para-hydroxylation sites is 1. The van der Waals surface area contributed by atoms with E-state index >= 15 is 0 Å². The number of carbonyl (C=O) groups excluding carboxylic acids is 2. The largest absolute Gasteiger partial charge is 0.496 e. The third kappa shape index (κ3) is 3.12. The van der Waals surface area contributed by atoms with Gasteiger partial charge in [-0.15, -0.1) is 0 Å². The molecule has 1 aromatic carbocycles. The maximum absolute atomic E-state index is 12.2. The lowest BCUT2D eigenvalue weighted by atomic mass is 10.1. The molecular formula is C16H17N5O3. The van der Waals surface area contributed by atoms with Crippen LogP contribution in [0.2, 0.25) is 0 Å². The molecule has 3 rings (SSSR count). The van der Waals surface area contributed by atoms with Crippen LogP contribution in [0.3, 0.4) is 0 Å². The van der Waals surface area contributed by atoms with Crippen molar-refractivity contribution in [3.63, 3.8) is 0 Å². The van der Waals surface area contributed by atoms with Crippen LogP contribution in [0.15, 0.2) is 35.4 Å². The van der Waals surface area contributed by atoms with Gasteiger partial charge in [0.1, 0.15) is 11.5 Å². The van der Waals surface area contributed by atoms with Crippen molar-refractivity contribution in [2.75, 3.05) is 19.5 Å². The molecule has 1 aliphatic heterocycles. The molecule has 0 atom stereocenters. The van der Waals surface area contributed by atoms with E-state index in [9.17, 15) is 9.59 Å². The molecule has 0 fully saturated rings. The highest BCUT2D eigenvalue weighted by atomic mass is 16.5. The summed E-state index contributed by atoms with van der Waals surface area (Å²) >= 11 is 0. The van der Waals surface area contributed by atoms with Crippen molar-refractivity contribution in [3.8, 4) is 17.0 Å². The normalized spacial score (nSPS) is 14.3. The lowest BCUT2D eigenvalue weighted by Gasteiger charge is -2.18. The third-order valence-corrected chi connectivity index (χ3v) is 3.69. The summed E-state index contributed by atoms with van der Waals surface area (Å²) in [4.78, 5) is 23.6. The van der Waals surface area contributed by atoms with Crippen molar-refractivity contribution < 1.29 is 14.3 Å². The minimum absolute atomic E-state index is 0.107. The van der Waals surface area contributed by atoms with Gasteiger partial charge in [-0.2, -0.15) is 10.2 Å². The van der Waals surface area contributed by atoms with Gasteiger partial charge >= 0.3 is 0 Å². The Bertz CT molecular complexity index is 812. The summed E-state index contributed by atoms with van der Waals surface area (Å²) in [5, 5.41) is 14.8. The molecule has 2 N–H and O–H groups in total. The molecule has 124 valence electrons. The second-order valence-electron chi connectivity index (χ2n) is 5.29. The molecule has 2 aromatic rings. The average Bonchev–Trinajstić information content (AvgIpc) is 3.05. The predicted molar refractivity (Wildman–Crippen MR) is 88.6 cm³/mol. The van der Waals surface area contributed by atoms with Gasteiger partial charge in [0, 0.05) is 31.5 Å². The zero-order valence-corrected chi connectivity index (χ0v) is 13.4. The van der Waals surface area contributed by atoms with Gasteiger partial charge in [0.25, 0.3) is 5.91 Å². The second kappa shape index (κ2) is 6.53. The molecule has 0 saturated heterocycles. The molecule has 0 bridgehead atoms. The number of nitrogens with one attached hydrogen (secondary N) is 2. The number of amides is 2. The fourth-order valence-electron chi connectivity index (χ4n) is 2.41. The lowest BCUT2D eigenvalue weighted by molar-refractivity contribution is -0.130. The lowest BCUT2D eigenvalue weighted by Crippen LogP contribution is -2.34. The number of ether oxygens (including phenoxy) is 1. The fourth-order valence-corrected chi connectivity index (χ4v) is 2.41. The Labute approximate surface area is 138 Å². The van der Waals surface area contributed by atoms with Gasteiger partial charge in [-0.1, -0.05) is 12.1 Å². The summed E-state index contributed by atoms with van der Waals surface area (Å²) in [6, 6.07) is 9.22. The molecule has 0 spiro atoms. The first-order valence-electron chi connectivity index (χ1n) is 7.42. The highest BCUT2D eigenvalue weighted by Crippen LogP contribution is 2.29. The van der Waals surface area contributed by atoms with Crippen molar-refractivity contribution in [2.24, 2.45) is 5.10 Å². The van der Waals surface area contributed by atoms with Gasteiger partial charge in [0.2, 0.25) is 5.91 Å². The Morgan fingerprint density at radius 1 is 1.33 bits per heavy atom. The molecule has 2 amide bonds. The first kappa shape index (κ1) is 15.7. The number of hydrazone groups is 1. The van der Waals surface area contributed by atoms with Gasteiger partial charge in [-0.25, -0.2) is 5.01 Å². The Morgan fingerprint density at radius 2 is 2.12 bits per heavy atom. The minimum atomic E-state index is -0.368. The first-order chi connectivity index (χ1) is 11.6. The Kier molecular flexibility index (Phi) is 4.28. The number of aromatic amines is 1. The molecule has 24 heavy (non-hydrogen) atoms. The molecule has 1 aliphatic rings. The Morgan fingerprint density at radius 3 is 2.88 bits per heavy atom. The van der Waals surface area contributed by atoms with E-state index in [1.54, 1.807) is 13.2 Å². The molecule has 1 aromatic heterocycles. The molecule has 8 heteroatoms. The van der Waals surface area contributed by atoms with Crippen LogP contribution in [0, 0.1) is 0 Å². The van der Waals surface area contributed by atoms with Crippen LogP contribution < -0.4 is 10.1 Å². The monoisotopic (exact) mass is 327 g/mol. The Hall–Kier alpha value is -3.16. The zero-order chi connectivity index (χ0) is 17.1. The van der Waals surface area contributed by atoms with Crippen molar-refractivity contribution >= 4 is 23.3 Å². The van der Waals surface area contributed by atoms with Crippen molar-refractivity contribution in [1.82, 2.24) is 15.2 Å².